The fourth-order valence-corrected chi connectivity index (χ4v) is 7.36. The fraction of sp³-hybridized carbons (Fsp3) is 0.394. The maximum absolute atomic E-state index is 14.3. The van der Waals surface area contributed by atoms with E-state index in [0.717, 1.165) is 53.1 Å². The molecule has 4 rings (SSSR count). The summed E-state index contributed by atoms with van der Waals surface area (Å²) in [5.41, 5.74) is 2.82. The first-order valence-corrected chi connectivity index (χ1v) is 16.9. The molecule has 0 heterocycles. The van der Waals surface area contributed by atoms with Crippen LogP contribution >= 0.6 is 23.2 Å². The van der Waals surface area contributed by atoms with Gasteiger partial charge in [-0.15, -0.1) is 0 Å². The third-order valence-corrected chi connectivity index (χ3v) is 10.2. The van der Waals surface area contributed by atoms with E-state index in [1.807, 2.05) is 45.0 Å². The van der Waals surface area contributed by atoms with E-state index in [9.17, 15) is 18.0 Å². The van der Waals surface area contributed by atoms with Crippen LogP contribution in [0.25, 0.3) is 0 Å². The van der Waals surface area contributed by atoms with Crippen molar-refractivity contribution in [2.24, 2.45) is 0 Å². The van der Waals surface area contributed by atoms with Gasteiger partial charge in [0.2, 0.25) is 11.8 Å². The van der Waals surface area contributed by atoms with Crippen molar-refractivity contribution < 1.29 is 18.0 Å². The Labute approximate surface area is 265 Å². The molecule has 0 bridgehead atoms. The zero-order valence-corrected chi connectivity index (χ0v) is 27.2. The lowest BCUT2D eigenvalue weighted by Crippen LogP contribution is -2.54. The number of amides is 2. The van der Waals surface area contributed by atoms with Crippen molar-refractivity contribution in [1.82, 2.24) is 10.2 Å². The number of nitrogens with zero attached hydrogens (tertiary/aromatic N) is 2. The van der Waals surface area contributed by atoms with E-state index in [-0.39, 0.29) is 39.1 Å². The molecule has 10 heteroatoms. The first kappa shape index (κ1) is 32.8. The molecule has 0 radical (unpaired) electrons. The molecule has 7 nitrogen and oxygen atoms in total. The molecule has 0 spiro atoms. The molecule has 1 unspecified atom stereocenters. The Hall–Kier alpha value is -3.07. The van der Waals surface area contributed by atoms with Crippen molar-refractivity contribution in [3.8, 4) is 0 Å². The van der Waals surface area contributed by atoms with Crippen LogP contribution in [-0.4, -0.2) is 43.8 Å². The highest BCUT2D eigenvalue weighted by atomic mass is 35.5. The highest BCUT2D eigenvalue weighted by Gasteiger charge is 2.35. The van der Waals surface area contributed by atoms with E-state index < -0.39 is 28.5 Å². The number of rotatable bonds is 11. The van der Waals surface area contributed by atoms with E-state index in [1.54, 1.807) is 18.2 Å². The molecule has 0 aromatic heterocycles. The van der Waals surface area contributed by atoms with Gasteiger partial charge in [-0.1, -0.05) is 96.9 Å². The Morgan fingerprint density at radius 3 is 2.28 bits per heavy atom. The summed E-state index contributed by atoms with van der Waals surface area (Å²) >= 11 is 12.8. The van der Waals surface area contributed by atoms with Gasteiger partial charge in [-0.05, 0) is 69.0 Å². The second-order valence-electron chi connectivity index (χ2n) is 11.2. The van der Waals surface area contributed by atoms with Crippen LogP contribution < -0.4 is 9.62 Å². The van der Waals surface area contributed by atoms with Gasteiger partial charge in [0, 0.05) is 17.6 Å². The van der Waals surface area contributed by atoms with E-state index >= 15 is 0 Å². The molecular weight excluding hydrogens is 605 g/mol. The quantitative estimate of drug-likeness (QED) is 0.242. The van der Waals surface area contributed by atoms with Crippen molar-refractivity contribution in [3.63, 3.8) is 0 Å². The smallest absolute Gasteiger partial charge is 0.264 e. The minimum Gasteiger partial charge on any atom is -0.352 e. The summed E-state index contributed by atoms with van der Waals surface area (Å²) in [5.74, 6) is -0.761. The number of nitrogens with one attached hydrogen (secondary N) is 1. The first-order valence-electron chi connectivity index (χ1n) is 14.7. The minimum absolute atomic E-state index is 0.00857. The lowest BCUT2D eigenvalue weighted by Gasteiger charge is -2.34. The van der Waals surface area contributed by atoms with Gasteiger partial charge in [0.15, 0.2) is 0 Å². The largest absolute Gasteiger partial charge is 0.352 e. The number of hydrogen-bond acceptors (Lipinski definition) is 4. The Bertz CT molecular complexity index is 1540. The summed E-state index contributed by atoms with van der Waals surface area (Å²) in [7, 11) is -4.25. The first-order chi connectivity index (χ1) is 20.5. The van der Waals surface area contributed by atoms with Crippen LogP contribution in [0.5, 0.6) is 0 Å². The fourth-order valence-electron chi connectivity index (χ4n) is 5.50. The topological polar surface area (TPSA) is 86.8 Å². The average molecular weight is 645 g/mol. The van der Waals surface area contributed by atoms with Crippen LogP contribution in [0, 0.1) is 13.8 Å². The van der Waals surface area contributed by atoms with Gasteiger partial charge in [0.05, 0.1) is 15.6 Å². The number of hydrogen-bond donors (Lipinski definition) is 1. The average Bonchev–Trinajstić information content (AvgIpc) is 2.97. The van der Waals surface area contributed by atoms with E-state index in [2.05, 4.69) is 5.32 Å². The SMILES string of the molecule is CCC(C(=O)NC1CCCCC1)N(Cc1cccc(C)c1)C(=O)CN(c1cc(Cl)ccc1Cl)S(=O)(=O)c1ccc(C)cc1. The van der Waals surface area contributed by atoms with Gasteiger partial charge in [-0.3, -0.25) is 13.9 Å². The normalized spacial score (nSPS) is 14.6. The zero-order chi connectivity index (χ0) is 31.1. The number of sulfonamides is 1. The molecule has 43 heavy (non-hydrogen) atoms. The second kappa shape index (κ2) is 14.6. The lowest BCUT2D eigenvalue weighted by atomic mass is 9.95. The van der Waals surface area contributed by atoms with Crippen LogP contribution in [0.4, 0.5) is 5.69 Å². The van der Waals surface area contributed by atoms with Crippen molar-refractivity contribution in [1.29, 1.82) is 0 Å². The zero-order valence-electron chi connectivity index (χ0n) is 24.9. The molecule has 0 aliphatic heterocycles. The van der Waals surface area contributed by atoms with Gasteiger partial charge in [0.1, 0.15) is 12.6 Å². The molecule has 0 saturated heterocycles. The summed E-state index contributed by atoms with van der Waals surface area (Å²) in [5, 5.41) is 3.56. The summed E-state index contributed by atoms with van der Waals surface area (Å²) in [6.45, 7) is 5.24. The minimum atomic E-state index is -4.25. The number of carbonyl (C=O) groups is 2. The standard InChI is InChI=1S/C33H39Cl2N3O4S/c1-4-30(33(40)36-27-11-6-5-7-12-27)37(21-25-10-8-9-24(3)19-25)32(39)22-38(31-20-26(34)15-18-29(31)35)43(41,42)28-16-13-23(2)14-17-28/h8-10,13-20,27,30H,4-7,11-12,21-22H2,1-3H3,(H,36,40). The van der Waals surface area contributed by atoms with E-state index in [4.69, 9.17) is 23.2 Å². The van der Waals surface area contributed by atoms with Crippen LogP contribution in [0.15, 0.2) is 71.6 Å². The molecule has 1 atom stereocenters. The highest BCUT2D eigenvalue weighted by Crippen LogP contribution is 2.33. The number of benzene rings is 3. The molecule has 1 N–H and O–H groups in total. The number of halogens is 2. The molecule has 1 aliphatic carbocycles. The number of aryl methyl sites for hydroxylation is 2. The van der Waals surface area contributed by atoms with Gasteiger partial charge in [-0.2, -0.15) is 0 Å². The van der Waals surface area contributed by atoms with Crippen molar-refractivity contribution >= 4 is 50.7 Å². The maximum Gasteiger partial charge on any atom is 0.264 e. The van der Waals surface area contributed by atoms with Crippen molar-refractivity contribution in [3.05, 3.63) is 93.5 Å². The van der Waals surface area contributed by atoms with Crippen LogP contribution in [0.2, 0.25) is 10.0 Å². The number of anilines is 1. The van der Waals surface area contributed by atoms with Gasteiger partial charge in [-0.25, -0.2) is 8.42 Å². The van der Waals surface area contributed by atoms with E-state index in [1.165, 1.54) is 29.2 Å². The molecule has 230 valence electrons. The summed E-state index contributed by atoms with van der Waals surface area (Å²) in [6, 6.07) is 17.8. The molecule has 2 amide bonds. The molecule has 3 aromatic carbocycles. The Kier molecular flexibility index (Phi) is 11.2. The third kappa shape index (κ3) is 8.31. The third-order valence-electron chi connectivity index (χ3n) is 7.84. The van der Waals surface area contributed by atoms with Gasteiger partial charge >= 0.3 is 0 Å². The highest BCUT2D eigenvalue weighted by molar-refractivity contribution is 7.92. The van der Waals surface area contributed by atoms with Gasteiger partial charge in [0.25, 0.3) is 10.0 Å². The van der Waals surface area contributed by atoms with Crippen LogP contribution in [-0.2, 0) is 26.2 Å². The Morgan fingerprint density at radius 1 is 0.930 bits per heavy atom. The van der Waals surface area contributed by atoms with Crippen molar-refractivity contribution in [2.75, 3.05) is 10.8 Å². The molecule has 3 aromatic rings. The van der Waals surface area contributed by atoms with Crippen molar-refractivity contribution in [2.45, 2.75) is 82.8 Å². The summed E-state index contributed by atoms with van der Waals surface area (Å²) in [4.78, 5) is 29.5. The van der Waals surface area contributed by atoms with Crippen LogP contribution in [0.1, 0.15) is 62.1 Å². The molecule has 1 fully saturated rings. The Morgan fingerprint density at radius 2 is 1.63 bits per heavy atom. The predicted octanol–water partition coefficient (Wildman–Crippen LogP) is 7.06. The molecule has 1 aliphatic rings. The van der Waals surface area contributed by atoms with Gasteiger partial charge < -0.3 is 10.2 Å². The monoisotopic (exact) mass is 643 g/mol. The summed E-state index contributed by atoms with van der Waals surface area (Å²) in [6.07, 6.45) is 5.44. The lowest BCUT2D eigenvalue weighted by molar-refractivity contribution is -0.140. The molecule has 1 saturated carbocycles. The van der Waals surface area contributed by atoms with Crippen LogP contribution in [0.3, 0.4) is 0 Å². The Balaban J connectivity index is 1.74. The second-order valence-corrected chi connectivity index (χ2v) is 13.9. The predicted molar refractivity (Wildman–Crippen MR) is 173 cm³/mol. The maximum atomic E-state index is 14.3. The molecular formula is C33H39Cl2N3O4S. The summed E-state index contributed by atoms with van der Waals surface area (Å²) < 4.78 is 29.1. The van der Waals surface area contributed by atoms with E-state index in [0.29, 0.717) is 6.42 Å². The number of carbonyl (C=O) groups excluding carboxylic acids is 2.